The molecule has 0 amide bonds. The van der Waals surface area contributed by atoms with E-state index in [0.717, 1.165) is 0 Å². The monoisotopic (exact) mass is 398 g/mol. The molecule has 1 atom stereocenters. The minimum absolute atomic E-state index is 0. The van der Waals surface area contributed by atoms with Crippen LogP contribution in [0.15, 0.2) is 60.9 Å². The van der Waals surface area contributed by atoms with E-state index in [1.54, 1.807) is 0 Å². The number of fused-ring (bicyclic) bond motifs is 4. The van der Waals surface area contributed by atoms with Gasteiger partial charge in [-0.25, -0.2) is 0 Å². The molecule has 4 aromatic rings. The van der Waals surface area contributed by atoms with Crippen LogP contribution in [0, 0.1) is 5.92 Å². The van der Waals surface area contributed by atoms with Crippen LogP contribution in [0.25, 0.3) is 32.3 Å². The minimum atomic E-state index is 0. The molecule has 119 valence electrons. The van der Waals surface area contributed by atoms with Crippen molar-refractivity contribution in [2.24, 2.45) is 0 Å². The molecule has 3 heteroatoms. The van der Waals surface area contributed by atoms with Crippen molar-refractivity contribution in [1.29, 1.82) is 0 Å². The number of hydrogen-bond acceptors (Lipinski definition) is 2. The first kappa shape index (κ1) is 15.5. The second kappa shape index (κ2) is 5.12. The second-order valence-electron chi connectivity index (χ2n) is 7.05. The van der Waals surface area contributed by atoms with Gasteiger partial charge in [0, 0.05) is 52.2 Å². The van der Waals surface area contributed by atoms with Crippen molar-refractivity contribution in [3.63, 3.8) is 0 Å². The van der Waals surface area contributed by atoms with Crippen molar-refractivity contribution in [3.05, 3.63) is 72.4 Å². The first-order chi connectivity index (χ1) is 11.7. The van der Waals surface area contributed by atoms with Gasteiger partial charge < -0.3 is 9.80 Å². The van der Waals surface area contributed by atoms with Gasteiger partial charge in [-0.2, -0.15) is 5.56 Å². The van der Waals surface area contributed by atoms with Crippen molar-refractivity contribution in [2.45, 2.75) is 13.1 Å². The fourth-order valence-corrected chi connectivity index (χ4v) is 4.80. The van der Waals surface area contributed by atoms with Gasteiger partial charge in [0.15, 0.2) is 0 Å². The summed E-state index contributed by atoms with van der Waals surface area (Å²) in [5, 5.41) is 8.21. The van der Waals surface area contributed by atoms with Gasteiger partial charge in [-0.3, -0.25) is 0 Å². The van der Waals surface area contributed by atoms with Crippen LogP contribution in [0.2, 0.25) is 0 Å². The summed E-state index contributed by atoms with van der Waals surface area (Å²) in [6.07, 6.45) is 4.70. The molecule has 0 saturated heterocycles. The van der Waals surface area contributed by atoms with Gasteiger partial charge in [0.05, 0.1) is 6.17 Å². The first-order valence-electron chi connectivity index (χ1n) is 8.47. The zero-order valence-corrected chi connectivity index (χ0v) is 17.2. The van der Waals surface area contributed by atoms with E-state index in [1.165, 1.54) is 49.5 Å². The van der Waals surface area contributed by atoms with Gasteiger partial charge in [0.2, 0.25) is 0 Å². The average Bonchev–Trinajstić information content (AvgIpc) is 3.12. The van der Waals surface area contributed by atoms with Crippen LogP contribution in [0.3, 0.4) is 0 Å². The van der Waals surface area contributed by atoms with Crippen molar-refractivity contribution in [1.82, 2.24) is 4.90 Å². The Morgan fingerprint density at radius 2 is 1.60 bits per heavy atom. The van der Waals surface area contributed by atoms with Gasteiger partial charge >= 0.3 is 0 Å². The first-order valence-corrected chi connectivity index (χ1v) is 8.47. The summed E-state index contributed by atoms with van der Waals surface area (Å²) in [7, 11) is 2.16. The van der Waals surface area contributed by atoms with Crippen LogP contribution in [-0.2, 0) is 32.7 Å². The Bertz CT molecular complexity index is 1150. The number of likely N-dealkylation sites (N-methyl/N-ethyl adjacent to an activating group) is 1. The molecule has 0 aliphatic carbocycles. The molecule has 1 radical (unpaired) electrons. The molecule has 2 heterocycles. The standard InChI is InChI=1S/C22H17N2.Y/c1-13-19-17-9-8-15-5-3-4-14-6-7-16(21(17)20(14)15)12-18(19)24-11-10-23(2)22(13)24;/h3-12,22H,1-2H3;/q-1;. The Morgan fingerprint density at radius 3 is 2.40 bits per heavy atom. The molecular weight excluding hydrogens is 381 g/mol. The molecular formula is C22H17N2Y-. The minimum Gasteiger partial charge on any atom is -0.386 e. The summed E-state index contributed by atoms with van der Waals surface area (Å²) < 4.78 is 0. The van der Waals surface area contributed by atoms with Crippen LogP contribution >= 0.6 is 0 Å². The smallest absolute Gasteiger partial charge is 0.0709 e. The van der Waals surface area contributed by atoms with E-state index in [0.29, 0.717) is 6.17 Å². The third kappa shape index (κ3) is 1.79. The molecule has 0 aromatic heterocycles. The van der Waals surface area contributed by atoms with E-state index in [2.05, 4.69) is 84.7 Å². The van der Waals surface area contributed by atoms with E-state index >= 15 is 0 Å². The van der Waals surface area contributed by atoms with Crippen molar-refractivity contribution in [3.8, 4) is 0 Å². The Hall–Kier alpha value is -1.77. The van der Waals surface area contributed by atoms with E-state index in [4.69, 9.17) is 0 Å². The second-order valence-corrected chi connectivity index (χ2v) is 7.05. The molecule has 2 aliphatic heterocycles. The Kier molecular flexibility index (Phi) is 3.17. The topological polar surface area (TPSA) is 6.48 Å². The molecule has 0 fully saturated rings. The number of hydrogen-bond donors (Lipinski definition) is 0. The van der Waals surface area contributed by atoms with Gasteiger partial charge in [-0.15, -0.1) is 17.4 Å². The zero-order chi connectivity index (χ0) is 16.0. The maximum absolute atomic E-state index is 2.40. The Morgan fingerprint density at radius 1 is 0.880 bits per heavy atom. The fraction of sp³-hybridized carbons (Fsp3) is 0.136. The van der Waals surface area contributed by atoms with E-state index < -0.39 is 0 Å². The SMILES string of the molecule is C[C-]1c2c(cc3ccc4cccc5ccc2c3c45)N2C=CN(C)C12.[Y]. The normalized spacial score (nSPS) is 18.5. The van der Waals surface area contributed by atoms with Crippen LogP contribution in [-0.4, -0.2) is 18.1 Å². The number of nitrogens with zero attached hydrogens (tertiary/aromatic N) is 2. The van der Waals surface area contributed by atoms with Gasteiger partial charge in [0.1, 0.15) is 0 Å². The fourth-order valence-electron chi connectivity index (χ4n) is 4.80. The molecule has 2 nitrogen and oxygen atoms in total. The van der Waals surface area contributed by atoms with E-state index in [9.17, 15) is 0 Å². The third-order valence-corrected chi connectivity index (χ3v) is 5.80. The summed E-state index contributed by atoms with van der Waals surface area (Å²) in [4.78, 5) is 4.70. The molecule has 1 unspecified atom stereocenters. The molecule has 0 bridgehead atoms. The predicted molar refractivity (Wildman–Crippen MR) is 101 cm³/mol. The Balaban J connectivity index is 0.00000140. The van der Waals surface area contributed by atoms with Crippen molar-refractivity contribution in [2.75, 3.05) is 11.9 Å². The summed E-state index contributed by atoms with van der Waals surface area (Å²) in [6.45, 7) is 2.28. The quantitative estimate of drug-likeness (QED) is 0.301. The van der Waals surface area contributed by atoms with E-state index in [-0.39, 0.29) is 32.7 Å². The van der Waals surface area contributed by atoms with Crippen LogP contribution in [0.5, 0.6) is 0 Å². The molecule has 4 aromatic carbocycles. The van der Waals surface area contributed by atoms with Crippen LogP contribution < -0.4 is 4.90 Å². The largest absolute Gasteiger partial charge is 0.386 e. The molecule has 0 spiro atoms. The van der Waals surface area contributed by atoms with Gasteiger partial charge in [0.25, 0.3) is 0 Å². The van der Waals surface area contributed by atoms with Gasteiger partial charge in [-0.05, 0) is 21.5 Å². The Labute approximate surface area is 172 Å². The maximum Gasteiger partial charge on any atom is 0.0709 e. The zero-order valence-electron chi connectivity index (χ0n) is 14.3. The summed E-state index contributed by atoms with van der Waals surface area (Å²) in [5.74, 6) is 1.44. The molecule has 0 saturated carbocycles. The molecule has 25 heavy (non-hydrogen) atoms. The van der Waals surface area contributed by atoms with Crippen LogP contribution in [0.4, 0.5) is 5.69 Å². The number of rotatable bonds is 0. The summed E-state index contributed by atoms with van der Waals surface area (Å²) in [5.41, 5.74) is 2.76. The average molecular weight is 398 g/mol. The van der Waals surface area contributed by atoms with E-state index in [1.807, 2.05) is 0 Å². The maximum atomic E-state index is 2.40. The van der Waals surface area contributed by atoms with Gasteiger partial charge in [-0.1, -0.05) is 60.5 Å². The van der Waals surface area contributed by atoms with Crippen molar-refractivity contribution >= 4 is 38.0 Å². The summed E-state index contributed by atoms with van der Waals surface area (Å²) >= 11 is 0. The predicted octanol–water partition coefficient (Wildman–Crippen LogP) is 5.09. The summed E-state index contributed by atoms with van der Waals surface area (Å²) in [6, 6.07) is 18.1. The number of anilines is 1. The molecule has 6 rings (SSSR count). The van der Waals surface area contributed by atoms with Crippen LogP contribution in [0.1, 0.15) is 12.5 Å². The van der Waals surface area contributed by atoms with Crippen molar-refractivity contribution < 1.29 is 32.7 Å². The number of benzene rings is 4. The molecule has 2 aliphatic rings. The molecule has 0 N–H and O–H groups in total. The third-order valence-electron chi connectivity index (χ3n) is 5.80.